The van der Waals surface area contributed by atoms with Crippen molar-refractivity contribution in [3.8, 4) is 17.2 Å². The second kappa shape index (κ2) is 13.8. The fraction of sp³-hybridized carbons (Fsp3) is 0.536. The zero-order chi connectivity index (χ0) is 24.2. The van der Waals surface area contributed by atoms with E-state index in [-0.39, 0.29) is 11.5 Å². The van der Waals surface area contributed by atoms with Gasteiger partial charge in [0.15, 0.2) is 5.75 Å². The molecule has 5 heteroatoms. The van der Waals surface area contributed by atoms with E-state index < -0.39 is 5.56 Å². The number of methoxy groups -OCH3 is 1. The monoisotopic (exact) mass is 455 g/mol. The van der Waals surface area contributed by atoms with Crippen LogP contribution < -0.4 is 15.0 Å². The minimum Gasteiger partial charge on any atom is -0.500 e. The lowest BCUT2D eigenvalue weighted by atomic mass is 10.1. The quantitative estimate of drug-likeness (QED) is 0.243. The third-order valence-electron chi connectivity index (χ3n) is 5.89. The number of pyridine rings is 1. The van der Waals surface area contributed by atoms with Crippen molar-refractivity contribution in [1.29, 1.82) is 0 Å². The zero-order valence-corrected chi connectivity index (χ0v) is 21.1. The first kappa shape index (κ1) is 26.6. The Morgan fingerprint density at radius 3 is 2.48 bits per heavy atom. The number of allylic oxidation sites excluding steroid dienone is 3. The van der Waals surface area contributed by atoms with Gasteiger partial charge in [-0.2, -0.15) is 0 Å². The maximum Gasteiger partial charge on any atom is 0.297 e. The molecule has 2 aromatic rings. The summed E-state index contributed by atoms with van der Waals surface area (Å²) >= 11 is 0. The van der Waals surface area contributed by atoms with Gasteiger partial charge in [-0.3, -0.25) is 4.79 Å². The predicted octanol–water partition coefficient (Wildman–Crippen LogP) is 7.15. The van der Waals surface area contributed by atoms with E-state index in [1.165, 1.54) is 30.4 Å². The SMILES string of the molecule is CCCCCCCCn1c(=O)c(O)c(OC/C=C(\C)CCC=C(C)C)c2ccc(OC)cc21. The van der Waals surface area contributed by atoms with Gasteiger partial charge < -0.3 is 19.1 Å². The van der Waals surface area contributed by atoms with Gasteiger partial charge in [0.1, 0.15) is 12.4 Å². The van der Waals surface area contributed by atoms with Gasteiger partial charge in [-0.15, -0.1) is 0 Å². The van der Waals surface area contributed by atoms with Crippen LogP contribution in [0.5, 0.6) is 17.2 Å². The Morgan fingerprint density at radius 2 is 1.79 bits per heavy atom. The lowest BCUT2D eigenvalue weighted by Gasteiger charge is -2.16. The summed E-state index contributed by atoms with van der Waals surface area (Å²) in [4.78, 5) is 13.0. The molecule has 1 aromatic heterocycles. The first-order chi connectivity index (χ1) is 15.9. The van der Waals surface area contributed by atoms with Crippen LogP contribution in [0.15, 0.2) is 46.3 Å². The van der Waals surface area contributed by atoms with Crippen LogP contribution in [0.3, 0.4) is 0 Å². The van der Waals surface area contributed by atoms with Crippen molar-refractivity contribution in [3.05, 3.63) is 51.9 Å². The van der Waals surface area contributed by atoms with Gasteiger partial charge in [0.25, 0.3) is 5.56 Å². The minimum atomic E-state index is -0.413. The van der Waals surface area contributed by atoms with Crippen molar-refractivity contribution in [2.24, 2.45) is 0 Å². The van der Waals surface area contributed by atoms with Crippen molar-refractivity contribution in [3.63, 3.8) is 0 Å². The highest BCUT2D eigenvalue weighted by Crippen LogP contribution is 2.34. The molecule has 0 saturated heterocycles. The Balaban J connectivity index is 2.24. The molecule has 0 unspecified atom stereocenters. The van der Waals surface area contributed by atoms with E-state index >= 15 is 0 Å². The largest absolute Gasteiger partial charge is 0.500 e. The maximum absolute atomic E-state index is 13.0. The molecular formula is C28H41NO4. The average Bonchev–Trinajstić information content (AvgIpc) is 2.79. The number of hydrogen-bond donors (Lipinski definition) is 1. The molecule has 2 rings (SSSR count). The highest BCUT2D eigenvalue weighted by atomic mass is 16.5. The van der Waals surface area contributed by atoms with E-state index in [1.54, 1.807) is 11.7 Å². The molecule has 0 aliphatic heterocycles. The lowest BCUT2D eigenvalue weighted by molar-refractivity contribution is 0.334. The second-order valence-electron chi connectivity index (χ2n) is 8.97. The summed E-state index contributed by atoms with van der Waals surface area (Å²) < 4.78 is 13.0. The van der Waals surface area contributed by atoms with Crippen LogP contribution in [0.1, 0.15) is 79.1 Å². The van der Waals surface area contributed by atoms with Gasteiger partial charge in [0.05, 0.1) is 12.6 Å². The van der Waals surface area contributed by atoms with E-state index in [4.69, 9.17) is 9.47 Å². The van der Waals surface area contributed by atoms with E-state index in [0.29, 0.717) is 18.9 Å². The van der Waals surface area contributed by atoms with Crippen LogP contribution in [0, 0.1) is 0 Å². The Hall–Kier alpha value is -2.69. The molecule has 0 saturated carbocycles. The maximum atomic E-state index is 13.0. The summed E-state index contributed by atoms with van der Waals surface area (Å²) in [7, 11) is 1.61. The van der Waals surface area contributed by atoms with Crippen molar-refractivity contribution in [2.75, 3.05) is 13.7 Å². The van der Waals surface area contributed by atoms with Gasteiger partial charge in [0, 0.05) is 18.0 Å². The Labute approximate surface area is 198 Å². The number of ether oxygens (including phenoxy) is 2. The molecule has 1 aromatic carbocycles. The Morgan fingerprint density at radius 1 is 1.06 bits per heavy atom. The van der Waals surface area contributed by atoms with Crippen LogP contribution in [-0.2, 0) is 6.54 Å². The fourth-order valence-corrected chi connectivity index (χ4v) is 3.89. The lowest BCUT2D eigenvalue weighted by Crippen LogP contribution is -2.21. The number of nitrogens with zero attached hydrogens (tertiary/aromatic N) is 1. The number of rotatable bonds is 14. The summed E-state index contributed by atoms with van der Waals surface area (Å²) in [5.41, 5.74) is 2.84. The van der Waals surface area contributed by atoms with Crippen LogP contribution >= 0.6 is 0 Å². The number of benzene rings is 1. The predicted molar refractivity (Wildman–Crippen MR) is 138 cm³/mol. The molecule has 0 atom stereocenters. The van der Waals surface area contributed by atoms with Crippen molar-refractivity contribution >= 4 is 10.9 Å². The summed E-state index contributed by atoms with van der Waals surface area (Å²) in [6.07, 6.45) is 13.0. The van der Waals surface area contributed by atoms with Gasteiger partial charge >= 0.3 is 0 Å². The standard InChI is InChI=1S/C28H41NO4/c1-6-7-8-9-10-11-18-29-25-20-23(32-5)15-16-24(25)27(26(30)28(29)31)33-19-17-22(4)14-12-13-21(2)3/h13,15-17,20,30H,6-12,14,18-19H2,1-5H3/b22-17+. The van der Waals surface area contributed by atoms with E-state index in [0.717, 1.165) is 43.0 Å². The zero-order valence-electron chi connectivity index (χ0n) is 21.1. The topological polar surface area (TPSA) is 60.7 Å². The molecule has 1 heterocycles. The molecule has 5 nitrogen and oxygen atoms in total. The van der Waals surface area contributed by atoms with E-state index in [9.17, 15) is 9.90 Å². The van der Waals surface area contributed by atoms with Crippen molar-refractivity contribution in [1.82, 2.24) is 4.57 Å². The van der Waals surface area contributed by atoms with Crippen LogP contribution in [0.2, 0.25) is 0 Å². The first-order valence-electron chi connectivity index (χ1n) is 12.2. The number of unbranched alkanes of at least 4 members (excludes halogenated alkanes) is 5. The highest BCUT2D eigenvalue weighted by molar-refractivity contribution is 5.88. The van der Waals surface area contributed by atoms with Gasteiger partial charge in [-0.1, -0.05) is 56.3 Å². The van der Waals surface area contributed by atoms with Crippen molar-refractivity contribution in [2.45, 2.75) is 85.6 Å². The van der Waals surface area contributed by atoms with Crippen molar-refractivity contribution < 1.29 is 14.6 Å². The molecule has 1 N–H and O–H groups in total. The normalized spacial score (nSPS) is 11.6. The summed E-state index contributed by atoms with van der Waals surface area (Å²) in [5.74, 6) is 0.588. The third-order valence-corrected chi connectivity index (χ3v) is 5.89. The smallest absolute Gasteiger partial charge is 0.297 e. The van der Waals surface area contributed by atoms with Gasteiger partial charge in [-0.25, -0.2) is 0 Å². The molecule has 0 fully saturated rings. The molecule has 0 aliphatic carbocycles. The molecule has 0 amide bonds. The Bertz CT molecular complexity index is 1010. The number of aromatic hydroxyl groups is 1. The number of hydrogen-bond acceptors (Lipinski definition) is 4. The minimum absolute atomic E-state index is 0.241. The van der Waals surface area contributed by atoms with Crippen LogP contribution in [-0.4, -0.2) is 23.4 Å². The second-order valence-corrected chi connectivity index (χ2v) is 8.97. The molecule has 0 spiro atoms. The summed E-state index contributed by atoms with van der Waals surface area (Å²) in [6.45, 7) is 9.33. The third kappa shape index (κ3) is 7.99. The van der Waals surface area contributed by atoms with E-state index in [2.05, 4.69) is 33.8 Å². The van der Waals surface area contributed by atoms with Gasteiger partial charge in [-0.05, 0) is 58.2 Å². The average molecular weight is 456 g/mol. The number of aryl methyl sites for hydroxylation is 1. The van der Waals surface area contributed by atoms with Gasteiger partial charge in [0.2, 0.25) is 5.75 Å². The molecule has 33 heavy (non-hydrogen) atoms. The van der Waals surface area contributed by atoms with Crippen LogP contribution in [0.25, 0.3) is 10.9 Å². The van der Waals surface area contributed by atoms with Crippen LogP contribution in [0.4, 0.5) is 0 Å². The number of aromatic nitrogens is 1. The molecule has 0 radical (unpaired) electrons. The van der Waals surface area contributed by atoms with E-state index in [1.807, 2.05) is 24.3 Å². The summed E-state index contributed by atoms with van der Waals surface area (Å²) in [5, 5.41) is 11.4. The molecular weight excluding hydrogens is 414 g/mol. The number of fused-ring (bicyclic) bond motifs is 1. The molecule has 0 aliphatic rings. The molecule has 182 valence electrons. The fourth-order valence-electron chi connectivity index (χ4n) is 3.89. The Kier molecular flexibility index (Phi) is 11.1. The first-order valence-corrected chi connectivity index (χ1v) is 12.2. The highest BCUT2D eigenvalue weighted by Gasteiger charge is 2.18. The molecule has 0 bridgehead atoms. The summed E-state index contributed by atoms with van der Waals surface area (Å²) in [6, 6.07) is 5.53.